The van der Waals surface area contributed by atoms with E-state index in [1.165, 1.54) is 0 Å². The van der Waals surface area contributed by atoms with Gasteiger partial charge < -0.3 is 15.2 Å². The predicted molar refractivity (Wildman–Crippen MR) is 65.1 cm³/mol. The molecular weight excluding hydrogens is 326 g/mol. The zero-order valence-corrected chi connectivity index (χ0v) is 11.1. The monoisotopic (exact) mass is 335 g/mol. The van der Waals surface area contributed by atoms with E-state index in [9.17, 15) is 5.11 Å². The Balaban J connectivity index is 2.27. The van der Waals surface area contributed by atoms with Crippen LogP contribution in [0.25, 0.3) is 0 Å². The molecule has 1 atom stereocenters. The molecule has 0 unspecified atom stereocenters. The van der Waals surface area contributed by atoms with Gasteiger partial charge in [0.2, 0.25) is 0 Å². The van der Waals surface area contributed by atoms with Crippen molar-refractivity contribution in [2.24, 2.45) is 0 Å². The van der Waals surface area contributed by atoms with Crippen LogP contribution in [0.1, 0.15) is 11.6 Å². The van der Waals surface area contributed by atoms with Crippen molar-refractivity contribution >= 4 is 31.9 Å². The van der Waals surface area contributed by atoms with E-state index in [1.807, 2.05) is 12.1 Å². The van der Waals surface area contributed by atoms with Crippen molar-refractivity contribution < 1.29 is 9.84 Å². The lowest BCUT2D eigenvalue weighted by Crippen LogP contribution is -2.34. The standard InChI is InChI=1S/C10H11Br2NO2/c11-7-3-6(4-8(12)10(7)14)9-5-15-2-1-13-9/h3-4,9,13-14H,1-2,5H2/t9-/m0/s1. The summed E-state index contributed by atoms with van der Waals surface area (Å²) in [4.78, 5) is 0. The third kappa shape index (κ3) is 2.53. The Morgan fingerprint density at radius 2 is 2.00 bits per heavy atom. The van der Waals surface area contributed by atoms with Crippen LogP contribution in [0.15, 0.2) is 21.1 Å². The van der Waals surface area contributed by atoms with E-state index in [1.54, 1.807) is 0 Å². The fourth-order valence-corrected chi connectivity index (χ4v) is 2.79. The van der Waals surface area contributed by atoms with Gasteiger partial charge in [-0.3, -0.25) is 0 Å². The van der Waals surface area contributed by atoms with Gasteiger partial charge >= 0.3 is 0 Å². The number of halogens is 2. The minimum atomic E-state index is 0.201. The van der Waals surface area contributed by atoms with Crippen LogP contribution in [0.3, 0.4) is 0 Å². The van der Waals surface area contributed by atoms with Gasteiger partial charge in [-0.1, -0.05) is 0 Å². The lowest BCUT2D eigenvalue weighted by Gasteiger charge is -2.24. The Morgan fingerprint density at radius 1 is 1.33 bits per heavy atom. The van der Waals surface area contributed by atoms with E-state index in [-0.39, 0.29) is 11.8 Å². The number of hydrogen-bond acceptors (Lipinski definition) is 3. The SMILES string of the molecule is Oc1c(Br)cc([C@@H]2COCCN2)cc1Br. The van der Waals surface area contributed by atoms with Gasteiger partial charge in [-0.05, 0) is 49.6 Å². The van der Waals surface area contributed by atoms with Gasteiger partial charge in [0, 0.05) is 6.54 Å². The molecule has 1 aromatic rings. The summed E-state index contributed by atoms with van der Waals surface area (Å²) in [6, 6.07) is 4.02. The number of hydrogen-bond donors (Lipinski definition) is 2. The molecule has 0 amide bonds. The first kappa shape index (κ1) is 11.4. The van der Waals surface area contributed by atoms with E-state index in [0.29, 0.717) is 15.6 Å². The summed E-state index contributed by atoms with van der Waals surface area (Å²) < 4.78 is 6.78. The first-order valence-corrected chi connectivity index (χ1v) is 6.26. The van der Waals surface area contributed by atoms with Gasteiger partial charge in [-0.15, -0.1) is 0 Å². The summed E-state index contributed by atoms with van der Waals surface area (Å²) in [6.45, 7) is 2.29. The number of rotatable bonds is 1. The highest BCUT2D eigenvalue weighted by Gasteiger charge is 2.17. The van der Waals surface area contributed by atoms with Crippen molar-refractivity contribution in [2.45, 2.75) is 6.04 Å². The normalized spacial score (nSPS) is 21.6. The van der Waals surface area contributed by atoms with Gasteiger partial charge in [0.1, 0.15) is 5.75 Å². The van der Waals surface area contributed by atoms with Crippen molar-refractivity contribution in [1.82, 2.24) is 5.32 Å². The second-order valence-electron chi connectivity index (χ2n) is 3.41. The van der Waals surface area contributed by atoms with Crippen LogP contribution in [-0.4, -0.2) is 24.9 Å². The maximum atomic E-state index is 9.58. The number of ether oxygens (including phenoxy) is 1. The lowest BCUT2D eigenvalue weighted by molar-refractivity contribution is 0.0768. The minimum Gasteiger partial charge on any atom is -0.506 e. The summed E-state index contributed by atoms with van der Waals surface area (Å²) in [7, 11) is 0. The summed E-state index contributed by atoms with van der Waals surface area (Å²) in [5, 5.41) is 12.9. The number of morpholine rings is 1. The van der Waals surface area contributed by atoms with E-state index < -0.39 is 0 Å². The summed E-state index contributed by atoms with van der Waals surface area (Å²) in [5.41, 5.74) is 1.10. The minimum absolute atomic E-state index is 0.201. The molecule has 1 aromatic carbocycles. The van der Waals surface area contributed by atoms with Gasteiger partial charge in [-0.2, -0.15) is 0 Å². The van der Waals surface area contributed by atoms with Crippen molar-refractivity contribution in [3.63, 3.8) is 0 Å². The molecule has 0 bridgehead atoms. The molecule has 82 valence electrons. The van der Waals surface area contributed by atoms with E-state index in [2.05, 4.69) is 37.2 Å². The van der Waals surface area contributed by atoms with Crippen molar-refractivity contribution in [3.8, 4) is 5.75 Å². The predicted octanol–water partition coefficient (Wildman–Crippen LogP) is 2.58. The van der Waals surface area contributed by atoms with Crippen LogP contribution in [-0.2, 0) is 4.74 Å². The third-order valence-electron chi connectivity index (χ3n) is 2.36. The fraction of sp³-hybridized carbons (Fsp3) is 0.400. The van der Waals surface area contributed by atoms with E-state index in [4.69, 9.17) is 4.74 Å². The quantitative estimate of drug-likeness (QED) is 0.828. The molecule has 1 aliphatic rings. The van der Waals surface area contributed by atoms with Gasteiger partial charge in [0.05, 0.1) is 28.2 Å². The van der Waals surface area contributed by atoms with Crippen molar-refractivity contribution in [3.05, 3.63) is 26.6 Å². The molecule has 1 heterocycles. The Hall–Kier alpha value is -0.100. The molecule has 0 aliphatic carbocycles. The van der Waals surface area contributed by atoms with Crippen LogP contribution in [0.2, 0.25) is 0 Å². The first-order valence-electron chi connectivity index (χ1n) is 4.67. The van der Waals surface area contributed by atoms with Crippen LogP contribution >= 0.6 is 31.9 Å². The number of phenols is 1. The molecule has 0 saturated carbocycles. The molecular formula is C10H11Br2NO2. The van der Waals surface area contributed by atoms with Gasteiger partial charge in [0.15, 0.2) is 0 Å². The number of phenolic OH excluding ortho intramolecular Hbond substituents is 1. The largest absolute Gasteiger partial charge is 0.506 e. The second-order valence-corrected chi connectivity index (χ2v) is 5.12. The molecule has 0 spiro atoms. The number of benzene rings is 1. The van der Waals surface area contributed by atoms with Gasteiger partial charge in [0.25, 0.3) is 0 Å². The Kier molecular flexibility index (Phi) is 3.66. The van der Waals surface area contributed by atoms with Crippen LogP contribution in [0.4, 0.5) is 0 Å². The van der Waals surface area contributed by atoms with Gasteiger partial charge in [-0.25, -0.2) is 0 Å². The zero-order valence-electron chi connectivity index (χ0n) is 7.96. The summed E-state index contributed by atoms with van der Waals surface area (Å²) in [5.74, 6) is 0.232. The van der Waals surface area contributed by atoms with Crippen molar-refractivity contribution in [2.75, 3.05) is 19.8 Å². The second kappa shape index (κ2) is 4.82. The molecule has 0 aromatic heterocycles. The van der Waals surface area contributed by atoms with Crippen LogP contribution < -0.4 is 5.32 Å². The molecule has 0 radical (unpaired) electrons. The summed E-state index contributed by atoms with van der Waals surface area (Å²) in [6.07, 6.45) is 0. The highest BCUT2D eigenvalue weighted by atomic mass is 79.9. The van der Waals surface area contributed by atoms with Crippen LogP contribution in [0, 0.1) is 0 Å². The highest BCUT2D eigenvalue weighted by molar-refractivity contribution is 9.11. The van der Waals surface area contributed by atoms with Crippen LogP contribution in [0.5, 0.6) is 5.75 Å². The first-order chi connectivity index (χ1) is 7.18. The molecule has 2 rings (SSSR count). The molecule has 3 nitrogen and oxygen atoms in total. The smallest absolute Gasteiger partial charge is 0.143 e. The highest BCUT2D eigenvalue weighted by Crippen LogP contribution is 2.35. The van der Waals surface area contributed by atoms with E-state index >= 15 is 0 Å². The average Bonchev–Trinajstić information content (AvgIpc) is 2.26. The molecule has 5 heteroatoms. The zero-order chi connectivity index (χ0) is 10.8. The fourth-order valence-electron chi connectivity index (χ4n) is 1.57. The Morgan fingerprint density at radius 3 is 2.53 bits per heavy atom. The average molecular weight is 337 g/mol. The number of nitrogens with one attached hydrogen (secondary N) is 1. The van der Waals surface area contributed by atoms with Crippen molar-refractivity contribution in [1.29, 1.82) is 0 Å². The molecule has 1 aliphatic heterocycles. The topological polar surface area (TPSA) is 41.5 Å². The Labute approximate surface area is 105 Å². The lowest BCUT2D eigenvalue weighted by atomic mass is 10.1. The maximum absolute atomic E-state index is 9.58. The molecule has 1 fully saturated rings. The molecule has 2 N–H and O–H groups in total. The molecule has 1 saturated heterocycles. The summed E-state index contributed by atoms with van der Waals surface area (Å²) >= 11 is 6.63. The van der Waals surface area contributed by atoms with E-state index in [0.717, 1.165) is 18.7 Å². The molecule has 15 heavy (non-hydrogen) atoms. The Bertz CT molecular complexity index is 341. The maximum Gasteiger partial charge on any atom is 0.143 e. The third-order valence-corrected chi connectivity index (χ3v) is 3.57. The number of aromatic hydroxyl groups is 1.